The van der Waals surface area contributed by atoms with Crippen LogP contribution in [0.2, 0.25) is 0 Å². The summed E-state index contributed by atoms with van der Waals surface area (Å²) in [6, 6.07) is 12.2. The van der Waals surface area contributed by atoms with Crippen LogP contribution in [0.5, 0.6) is 0 Å². The van der Waals surface area contributed by atoms with Gasteiger partial charge in [0.2, 0.25) is 0 Å². The number of allylic oxidation sites excluding steroid dienone is 4. The number of nitrogens with zero attached hydrogens (tertiary/aromatic N) is 4. The van der Waals surface area contributed by atoms with Crippen molar-refractivity contribution in [2.24, 2.45) is 0 Å². The zero-order valence-electron chi connectivity index (χ0n) is 13.4. The summed E-state index contributed by atoms with van der Waals surface area (Å²) < 4.78 is 0. The number of halogens is 2. The second-order valence-corrected chi connectivity index (χ2v) is 4.96. The number of hydrogen-bond donors (Lipinski definition) is 0. The van der Waals surface area contributed by atoms with Crippen LogP contribution >= 0.6 is 0 Å². The van der Waals surface area contributed by atoms with E-state index < -0.39 is 0 Å². The smallest absolute Gasteiger partial charge is 1.00 e. The third-order valence-corrected chi connectivity index (χ3v) is 3.55. The maximum Gasteiger partial charge on any atom is 4.00 e. The van der Waals surface area contributed by atoms with Gasteiger partial charge in [0, 0.05) is 0 Å². The zero-order valence-corrected chi connectivity index (χ0v) is 18.5. The van der Waals surface area contributed by atoms with Gasteiger partial charge < -0.3 is 24.8 Å². The molecule has 1 heterocycles. The summed E-state index contributed by atoms with van der Waals surface area (Å²) in [5.74, 6) is 0. The van der Waals surface area contributed by atoms with Gasteiger partial charge in [-0.05, 0) is 10.9 Å². The molecule has 0 fully saturated rings. The van der Waals surface area contributed by atoms with Gasteiger partial charge in [0.1, 0.15) is 0 Å². The maximum absolute atomic E-state index is 3.98. The van der Waals surface area contributed by atoms with Crippen LogP contribution < -0.4 is 24.8 Å². The Morgan fingerprint density at radius 3 is 2.42 bits per heavy atom. The largest absolute Gasteiger partial charge is 4.00 e. The molecular weight excluding hydrogens is 510 g/mol. The van der Waals surface area contributed by atoms with Crippen LogP contribution in [0.4, 0.5) is 0 Å². The Kier molecular flexibility index (Phi) is 10.1. The Morgan fingerprint density at radius 2 is 1.92 bits per heavy atom. The molecular formula is C17H16Cl2HfN4. The van der Waals surface area contributed by atoms with Gasteiger partial charge in [-0.1, -0.05) is 13.0 Å². The van der Waals surface area contributed by atoms with E-state index in [2.05, 4.69) is 53.5 Å². The molecule has 0 radical (unpaired) electrons. The van der Waals surface area contributed by atoms with Gasteiger partial charge >= 0.3 is 25.8 Å². The molecule has 0 saturated carbocycles. The first kappa shape index (κ1) is 22.8. The molecule has 7 heteroatoms. The van der Waals surface area contributed by atoms with Crippen molar-refractivity contribution in [2.45, 2.75) is 20.3 Å². The fourth-order valence-corrected chi connectivity index (χ4v) is 2.18. The molecule has 2 aromatic carbocycles. The normalized spacial score (nSPS) is 11.9. The van der Waals surface area contributed by atoms with E-state index in [0.29, 0.717) is 0 Å². The molecule has 0 unspecified atom stereocenters. The number of benzene rings is 1. The van der Waals surface area contributed by atoms with Crippen LogP contribution in [0.3, 0.4) is 0 Å². The average Bonchev–Trinajstić information content (AvgIpc) is 3.21. The summed E-state index contributed by atoms with van der Waals surface area (Å²) in [4.78, 5) is 1.51. The topological polar surface area (TPSA) is 43.6 Å². The van der Waals surface area contributed by atoms with Crippen molar-refractivity contribution in [3.8, 4) is 5.69 Å². The minimum atomic E-state index is 0. The predicted molar refractivity (Wildman–Crippen MR) is 83.1 cm³/mol. The van der Waals surface area contributed by atoms with E-state index >= 15 is 0 Å². The van der Waals surface area contributed by atoms with Crippen LogP contribution in [-0.4, -0.2) is 20.2 Å². The van der Waals surface area contributed by atoms with E-state index in [1.165, 1.54) is 33.0 Å². The van der Waals surface area contributed by atoms with E-state index in [-0.39, 0.29) is 50.7 Å². The summed E-state index contributed by atoms with van der Waals surface area (Å²) in [5, 5.41) is 13.9. The fraction of sp³-hybridized carbons (Fsp3) is 0.176. The summed E-state index contributed by atoms with van der Waals surface area (Å²) in [7, 11) is 0. The van der Waals surface area contributed by atoms with Crippen molar-refractivity contribution in [3.05, 3.63) is 66.0 Å². The quantitative estimate of drug-likeness (QED) is 0.264. The SMILES string of the molecule is CC1=[C-]CC=C1C.[Cl-].[Cl-].[Hf+4].c1ccc2[cH-]c(-n3ncnn3)cc2c1. The second-order valence-electron chi connectivity index (χ2n) is 4.96. The Bertz CT molecular complexity index is 758. The van der Waals surface area contributed by atoms with Crippen molar-refractivity contribution < 1.29 is 50.7 Å². The number of rotatable bonds is 1. The molecule has 24 heavy (non-hydrogen) atoms. The first-order valence-corrected chi connectivity index (χ1v) is 6.87. The van der Waals surface area contributed by atoms with E-state index in [1.807, 2.05) is 24.3 Å². The molecule has 3 aromatic rings. The van der Waals surface area contributed by atoms with Crippen molar-refractivity contribution in [3.63, 3.8) is 0 Å². The molecule has 4 nitrogen and oxygen atoms in total. The molecule has 122 valence electrons. The minimum Gasteiger partial charge on any atom is -1.00 e. The Balaban J connectivity index is 0.000000463. The van der Waals surface area contributed by atoms with E-state index in [9.17, 15) is 0 Å². The Morgan fingerprint density at radius 1 is 1.17 bits per heavy atom. The monoisotopic (exact) mass is 526 g/mol. The molecule has 0 aliphatic heterocycles. The van der Waals surface area contributed by atoms with E-state index in [0.717, 1.165) is 12.1 Å². The molecule has 0 spiro atoms. The van der Waals surface area contributed by atoms with Crippen LogP contribution in [-0.2, 0) is 25.8 Å². The predicted octanol–water partition coefficient (Wildman–Crippen LogP) is -2.37. The van der Waals surface area contributed by atoms with E-state index in [4.69, 9.17) is 0 Å². The molecule has 1 aliphatic carbocycles. The maximum atomic E-state index is 3.98. The molecule has 1 aromatic heterocycles. The van der Waals surface area contributed by atoms with Crippen LogP contribution in [0.1, 0.15) is 20.3 Å². The zero-order chi connectivity index (χ0) is 14.7. The summed E-state index contributed by atoms with van der Waals surface area (Å²) >= 11 is 0. The second kappa shape index (κ2) is 10.6. The molecule has 4 rings (SSSR count). The fourth-order valence-electron chi connectivity index (χ4n) is 2.18. The van der Waals surface area contributed by atoms with Gasteiger partial charge in [-0.25, -0.2) is 11.1 Å². The molecule has 0 N–H and O–H groups in total. The van der Waals surface area contributed by atoms with Crippen LogP contribution in [0.15, 0.2) is 59.9 Å². The molecule has 0 amide bonds. The summed E-state index contributed by atoms with van der Waals surface area (Å²) in [5.41, 5.74) is 3.66. The first-order valence-electron chi connectivity index (χ1n) is 6.87. The molecule has 0 bridgehead atoms. The van der Waals surface area contributed by atoms with E-state index in [1.54, 1.807) is 0 Å². The minimum absolute atomic E-state index is 0. The third-order valence-electron chi connectivity index (χ3n) is 3.55. The number of fused-ring (bicyclic) bond motifs is 1. The number of hydrogen-bond acceptors (Lipinski definition) is 3. The van der Waals surface area contributed by atoms with Crippen LogP contribution in [0.25, 0.3) is 16.5 Å². The first-order chi connectivity index (χ1) is 10.2. The van der Waals surface area contributed by atoms with Gasteiger partial charge in [0.25, 0.3) is 0 Å². The third kappa shape index (κ3) is 5.43. The van der Waals surface area contributed by atoms with Gasteiger partial charge in [0.05, 0.1) is 0 Å². The van der Waals surface area contributed by atoms with Crippen molar-refractivity contribution in [1.29, 1.82) is 0 Å². The molecule has 0 atom stereocenters. The summed E-state index contributed by atoms with van der Waals surface area (Å²) in [6.45, 7) is 4.22. The molecule has 1 aliphatic rings. The molecule has 0 saturated heterocycles. The van der Waals surface area contributed by atoms with Crippen molar-refractivity contribution in [2.75, 3.05) is 0 Å². The van der Waals surface area contributed by atoms with Gasteiger partial charge in [0.15, 0.2) is 6.33 Å². The number of tetrazole rings is 1. The van der Waals surface area contributed by atoms with Crippen LogP contribution in [0, 0.1) is 6.08 Å². The van der Waals surface area contributed by atoms with Crippen molar-refractivity contribution in [1.82, 2.24) is 20.2 Å². The average molecular weight is 526 g/mol. The van der Waals surface area contributed by atoms with Gasteiger partial charge in [-0.3, -0.25) is 6.08 Å². The standard InChI is InChI=1S/C10H7N4.C7H9.2ClH.Hf/c1-2-4-9-6-10(5-8(9)3-1)14-12-7-11-13-14;1-6-4-3-5-7(6)2;;;/h1-7H;4H,3H2,1-2H3;2*1H;/q2*-1;;;+4/p-2. The van der Waals surface area contributed by atoms with Gasteiger partial charge in [-0.15, -0.1) is 64.6 Å². The van der Waals surface area contributed by atoms with Crippen molar-refractivity contribution >= 4 is 10.8 Å². The Hall–Kier alpha value is -1.17. The number of aromatic nitrogens is 4. The Labute approximate surface area is 173 Å². The summed E-state index contributed by atoms with van der Waals surface area (Å²) in [6.07, 6.45) is 7.84. The van der Waals surface area contributed by atoms with Gasteiger partial charge in [-0.2, -0.15) is 10.9 Å².